The number of nitrogens with zero attached hydrogens (tertiary/aromatic N) is 3. The molecule has 2 aromatic rings. The quantitative estimate of drug-likeness (QED) is 0.529. The third kappa shape index (κ3) is 2.96. The molecule has 2 N–H and O–H groups in total. The predicted molar refractivity (Wildman–Crippen MR) is 71.4 cm³/mol. The van der Waals surface area contributed by atoms with Gasteiger partial charge in [0.25, 0.3) is 5.69 Å². The van der Waals surface area contributed by atoms with Crippen molar-refractivity contribution in [1.82, 2.24) is 9.97 Å². The molecule has 0 saturated carbocycles. The van der Waals surface area contributed by atoms with Crippen LogP contribution in [0.4, 0.5) is 11.6 Å². The van der Waals surface area contributed by atoms with Gasteiger partial charge in [-0.2, -0.15) is 0 Å². The first kappa shape index (κ1) is 12.8. The monoisotopic (exact) mass is 326 g/mol. The number of halogens is 1. The van der Waals surface area contributed by atoms with Gasteiger partial charge in [0.15, 0.2) is 0 Å². The number of rotatable bonds is 3. The Hall–Kier alpha value is -1.67. The van der Waals surface area contributed by atoms with Crippen LogP contribution in [-0.2, 0) is 0 Å². The number of nitrogen functional groups attached to an aromatic ring is 1. The molecular weight excluding hydrogens is 320 g/mol. The molecule has 18 heavy (non-hydrogen) atoms. The summed E-state index contributed by atoms with van der Waals surface area (Å²) in [6.45, 7) is 0. The van der Waals surface area contributed by atoms with Gasteiger partial charge in [0.05, 0.1) is 9.40 Å². The van der Waals surface area contributed by atoms with Crippen LogP contribution in [0.15, 0.2) is 44.9 Å². The Balaban J connectivity index is 2.23. The first-order valence-corrected chi connectivity index (χ1v) is 6.37. The highest BCUT2D eigenvalue weighted by molar-refractivity contribution is 9.10. The van der Waals surface area contributed by atoms with Crippen molar-refractivity contribution in [2.75, 3.05) is 5.73 Å². The molecule has 8 heteroatoms. The maximum Gasteiger partial charge on any atom is 0.269 e. The third-order valence-corrected chi connectivity index (χ3v) is 3.85. The predicted octanol–water partition coefficient (Wildman–Crippen LogP) is 2.88. The smallest absolute Gasteiger partial charge is 0.269 e. The third-order valence-electron chi connectivity index (χ3n) is 1.99. The minimum absolute atomic E-state index is 0.0561. The number of nitro groups is 1. The van der Waals surface area contributed by atoms with E-state index in [0.29, 0.717) is 5.03 Å². The van der Waals surface area contributed by atoms with Crippen LogP contribution in [-0.4, -0.2) is 14.9 Å². The van der Waals surface area contributed by atoms with E-state index in [0.717, 1.165) is 9.37 Å². The van der Waals surface area contributed by atoms with E-state index in [4.69, 9.17) is 5.73 Å². The fourth-order valence-corrected chi connectivity index (χ4v) is 2.40. The lowest BCUT2D eigenvalue weighted by Crippen LogP contribution is -1.95. The Bertz CT molecular complexity index is 591. The van der Waals surface area contributed by atoms with Crippen molar-refractivity contribution in [2.45, 2.75) is 9.92 Å². The topological polar surface area (TPSA) is 94.9 Å². The number of hydrogen-bond acceptors (Lipinski definition) is 6. The molecule has 1 heterocycles. The number of nitrogens with two attached hydrogens (primary N) is 1. The summed E-state index contributed by atoms with van der Waals surface area (Å²) in [5, 5.41) is 11.2. The van der Waals surface area contributed by atoms with Crippen LogP contribution in [0.2, 0.25) is 0 Å². The Morgan fingerprint density at radius 3 is 2.61 bits per heavy atom. The van der Waals surface area contributed by atoms with Gasteiger partial charge >= 0.3 is 0 Å². The van der Waals surface area contributed by atoms with Crippen LogP contribution in [0, 0.1) is 10.1 Å². The number of benzene rings is 1. The van der Waals surface area contributed by atoms with Gasteiger partial charge in [-0.05, 0) is 28.1 Å². The highest BCUT2D eigenvalue weighted by Crippen LogP contribution is 2.32. The van der Waals surface area contributed by atoms with E-state index in [1.807, 2.05) is 0 Å². The number of anilines is 1. The maximum atomic E-state index is 10.5. The Kier molecular flexibility index (Phi) is 3.78. The fraction of sp³-hybridized carbons (Fsp3) is 0. The molecule has 6 nitrogen and oxygen atoms in total. The molecule has 0 aliphatic carbocycles. The van der Waals surface area contributed by atoms with Crippen molar-refractivity contribution < 1.29 is 4.92 Å². The van der Waals surface area contributed by atoms with Crippen LogP contribution in [0.5, 0.6) is 0 Å². The minimum Gasteiger partial charge on any atom is -0.368 e. The lowest BCUT2D eigenvalue weighted by molar-refractivity contribution is -0.384. The van der Waals surface area contributed by atoms with Gasteiger partial charge in [0, 0.05) is 23.2 Å². The fourth-order valence-electron chi connectivity index (χ4n) is 1.18. The van der Waals surface area contributed by atoms with E-state index < -0.39 is 4.92 Å². The molecule has 0 aliphatic heterocycles. The summed E-state index contributed by atoms with van der Waals surface area (Å²) in [5.74, 6) is 0.183. The highest BCUT2D eigenvalue weighted by Gasteiger charge is 2.08. The second-order valence-corrected chi connectivity index (χ2v) is 5.15. The van der Waals surface area contributed by atoms with Crippen LogP contribution in [0.3, 0.4) is 0 Å². The summed E-state index contributed by atoms with van der Waals surface area (Å²) in [5.41, 5.74) is 5.56. The molecule has 0 unspecified atom stereocenters. The lowest BCUT2D eigenvalue weighted by atomic mass is 10.3. The molecule has 92 valence electrons. The number of hydrogen-bond donors (Lipinski definition) is 1. The average Bonchev–Trinajstić information content (AvgIpc) is 2.34. The van der Waals surface area contributed by atoms with Gasteiger partial charge in [-0.3, -0.25) is 10.1 Å². The van der Waals surface area contributed by atoms with Crippen LogP contribution in [0.1, 0.15) is 0 Å². The first-order valence-electron chi connectivity index (χ1n) is 4.76. The number of nitro benzene ring substituents is 1. The molecule has 0 amide bonds. The zero-order valence-electron chi connectivity index (χ0n) is 8.91. The van der Waals surface area contributed by atoms with E-state index >= 15 is 0 Å². The van der Waals surface area contributed by atoms with Crippen molar-refractivity contribution in [3.63, 3.8) is 0 Å². The standard InChI is InChI=1S/C10H7BrN4O2S/c11-8-5-13-10(12)14-9(8)18-7-3-1-6(2-4-7)15(16)17/h1-5H,(H2,12,13,14). The zero-order valence-corrected chi connectivity index (χ0v) is 11.3. The van der Waals surface area contributed by atoms with E-state index in [2.05, 4.69) is 25.9 Å². The van der Waals surface area contributed by atoms with Crippen LogP contribution in [0.25, 0.3) is 0 Å². The second-order valence-electron chi connectivity index (χ2n) is 3.23. The van der Waals surface area contributed by atoms with Crippen LogP contribution >= 0.6 is 27.7 Å². The van der Waals surface area contributed by atoms with Gasteiger partial charge in [-0.25, -0.2) is 9.97 Å². The summed E-state index contributed by atoms with van der Waals surface area (Å²) in [6, 6.07) is 6.21. The molecule has 1 aromatic heterocycles. The lowest BCUT2D eigenvalue weighted by Gasteiger charge is -2.03. The van der Waals surface area contributed by atoms with Crippen LogP contribution < -0.4 is 5.73 Å². The molecule has 2 rings (SSSR count). The molecule has 0 radical (unpaired) electrons. The molecule has 0 saturated heterocycles. The summed E-state index contributed by atoms with van der Waals surface area (Å²) < 4.78 is 0.722. The van der Waals surface area contributed by atoms with Gasteiger partial charge in [0.2, 0.25) is 5.95 Å². The van der Waals surface area contributed by atoms with E-state index in [9.17, 15) is 10.1 Å². The SMILES string of the molecule is Nc1ncc(Br)c(Sc2ccc([N+](=O)[O-])cc2)n1. The Labute approximate surface area is 115 Å². The van der Waals surface area contributed by atoms with Crippen molar-refractivity contribution >= 4 is 39.3 Å². The number of non-ortho nitro benzene ring substituents is 1. The normalized spacial score (nSPS) is 10.3. The summed E-state index contributed by atoms with van der Waals surface area (Å²) in [4.78, 5) is 18.8. The average molecular weight is 327 g/mol. The highest BCUT2D eigenvalue weighted by atomic mass is 79.9. The molecule has 0 bridgehead atoms. The summed E-state index contributed by atoms with van der Waals surface area (Å²) in [6.07, 6.45) is 1.57. The van der Waals surface area contributed by atoms with E-state index in [-0.39, 0.29) is 11.6 Å². The van der Waals surface area contributed by atoms with E-state index in [1.54, 1.807) is 18.3 Å². The molecule has 0 atom stereocenters. The van der Waals surface area contributed by atoms with E-state index in [1.165, 1.54) is 23.9 Å². The second kappa shape index (κ2) is 5.32. The molecule has 0 aliphatic rings. The Morgan fingerprint density at radius 1 is 1.33 bits per heavy atom. The van der Waals surface area contributed by atoms with Crippen molar-refractivity contribution in [3.8, 4) is 0 Å². The number of aromatic nitrogens is 2. The first-order chi connectivity index (χ1) is 8.56. The summed E-state index contributed by atoms with van der Waals surface area (Å²) >= 11 is 4.66. The minimum atomic E-state index is -0.437. The largest absolute Gasteiger partial charge is 0.368 e. The van der Waals surface area contributed by atoms with Crippen molar-refractivity contribution in [3.05, 3.63) is 45.0 Å². The molecule has 0 spiro atoms. The maximum absolute atomic E-state index is 10.5. The van der Waals surface area contributed by atoms with Gasteiger partial charge in [0.1, 0.15) is 5.03 Å². The summed E-state index contributed by atoms with van der Waals surface area (Å²) in [7, 11) is 0. The Morgan fingerprint density at radius 2 is 2.00 bits per heavy atom. The van der Waals surface area contributed by atoms with Gasteiger partial charge in [-0.1, -0.05) is 11.8 Å². The van der Waals surface area contributed by atoms with Crippen molar-refractivity contribution in [1.29, 1.82) is 0 Å². The molecule has 0 fully saturated rings. The van der Waals surface area contributed by atoms with Crippen molar-refractivity contribution in [2.24, 2.45) is 0 Å². The molecule has 1 aromatic carbocycles. The molecular formula is C10H7BrN4O2S. The van der Waals surface area contributed by atoms with Gasteiger partial charge in [-0.15, -0.1) is 0 Å². The zero-order chi connectivity index (χ0) is 13.1. The van der Waals surface area contributed by atoms with Gasteiger partial charge < -0.3 is 5.73 Å².